The predicted octanol–water partition coefficient (Wildman–Crippen LogP) is 3.79. The zero-order valence-electron chi connectivity index (χ0n) is 13.6. The second kappa shape index (κ2) is 5.01. The molecule has 0 bridgehead atoms. The van der Waals surface area contributed by atoms with E-state index in [4.69, 9.17) is 4.74 Å². The summed E-state index contributed by atoms with van der Waals surface area (Å²) in [5.74, 6) is 1.22. The average molecular weight is 298 g/mol. The van der Waals surface area contributed by atoms with Gasteiger partial charge in [-0.15, -0.1) is 0 Å². The van der Waals surface area contributed by atoms with Crippen LogP contribution in [0.15, 0.2) is 29.5 Å². The number of hydrogen-bond acceptors (Lipinski definition) is 3. The zero-order chi connectivity index (χ0) is 16.1. The van der Waals surface area contributed by atoms with Crippen LogP contribution in [0.25, 0.3) is 6.08 Å². The van der Waals surface area contributed by atoms with Gasteiger partial charge in [-0.2, -0.15) is 0 Å². The van der Waals surface area contributed by atoms with Crippen molar-refractivity contribution in [1.82, 2.24) is 0 Å². The average Bonchev–Trinajstić information content (AvgIpc) is 2.64. The van der Waals surface area contributed by atoms with Crippen molar-refractivity contribution < 1.29 is 14.6 Å². The molecule has 2 aliphatic carbocycles. The number of phenols is 1. The molecule has 2 aliphatic rings. The largest absolute Gasteiger partial charge is 0.508 e. The van der Waals surface area contributed by atoms with Crippen molar-refractivity contribution in [1.29, 1.82) is 0 Å². The maximum atomic E-state index is 12.4. The Morgan fingerprint density at radius 1 is 1.27 bits per heavy atom. The van der Waals surface area contributed by atoms with Gasteiger partial charge in [0.15, 0.2) is 5.78 Å². The van der Waals surface area contributed by atoms with E-state index in [-0.39, 0.29) is 11.7 Å². The number of ether oxygens (including phenoxy) is 1. The van der Waals surface area contributed by atoms with Gasteiger partial charge in [-0.05, 0) is 54.2 Å². The quantitative estimate of drug-likeness (QED) is 0.858. The highest BCUT2D eigenvalue weighted by molar-refractivity contribution is 5.98. The molecule has 1 atom stereocenters. The van der Waals surface area contributed by atoms with Crippen molar-refractivity contribution >= 4 is 11.9 Å². The molecule has 1 unspecified atom stereocenters. The molecule has 0 radical (unpaired) electrons. The first kappa shape index (κ1) is 14.9. The topological polar surface area (TPSA) is 46.5 Å². The normalized spacial score (nSPS) is 22.9. The van der Waals surface area contributed by atoms with Crippen LogP contribution in [0.2, 0.25) is 0 Å². The van der Waals surface area contributed by atoms with Gasteiger partial charge in [0.1, 0.15) is 11.5 Å². The molecule has 0 aromatic heterocycles. The van der Waals surface area contributed by atoms with Crippen LogP contribution in [0, 0.1) is 18.3 Å². The van der Waals surface area contributed by atoms with Gasteiger partial charge in [-0.1, -0.05) is 19.9 Å². The molecule has 0 amide bonds. The number of fused-ring (bicyclic) bond motifs is 2. The maximum absolute atomic E-state index is 12.4. The Kier molecular flexibility index (Phi) is 3.39. The van der Waals surface area contributed by atoms with Gasteiger partial charge in [-0.25, -0.2) is 0 Å². The summed E-state index contributed by atoms with van der Waals surface area (Å²) in [6, 6.07) is 3.86. The van der Waals surface area contributed by atoms with Gasteiger partial charge in [-0.3, -0.25) is 4.79 Å². The van der Waals surface area contributed by atoms with Gasteiger partial charge in [0.2, 0.25) is 0 Å². The minimum absolute atomic E-state index is 0.122. The second-order valence-electron chi connectivity index (χ2n) is 6.83. The molecule has 0 saturated heterocycles. The summed E-state index contributed by atoms with van der Waals surface area (Å²) in [6.45, 7) is 5.93. The molecule has 22 heavy (non-hydrogen) atoms. The molecule has 0 saturated carbocycles. The fourth-order valence-corrected chi connectivity index (χ4v) is 3.58. The molecule has 3 nitrogen and oxygen atoms in total. The van der Waals surface area contributed by atoms with E-state index in [0.29, 0.717) is 11.5 Å². The van der Waals surface area contributed by atoms with Crippen molar-refractivity contribution in [3.63, 3.8) is 0 Å². The molecule has 116 valence electrons. The number of carbonyl (C=O) groups is 1. The van der Waals surface area contributed by atoms with Crippen LogP contribution in [0.3, 0.4) is 0 Å². The minimum atomic E-state index is -0.424. The number of rotatable bonds is 1. The van der Waals surface area contributed by atoms with E-state index in [1.165, 1.54) is 5.56 Å². The summed E-state index contributed by atoms with van der Waals surface area (Å²) in [5, 5.41) is 10.0. The highest BCUT2D eigenvalue weighted by Crippen LogP contribution is 2.46. The first-order valence-electron chi connectivity index (χ1n) is 7.69. The lowest BCUT2D eigenvalue weighted by Gasteiger charge is -2.37. The lowest BCUT2D eigenvalue weighted by molar-refractivity contribution is -0.125. The lowest BCUT2D eigenvalue weighted by Crippen LogP contribution is -2.37. The van der Waals surface area contributed by atoms with Gasteiger partial charge >= 0.3 is 0 Å². The van der Waals surface area contributed by atoms with Crippen LogP contribution >= 0.6 is 0 Å². The number of ketones is 1. The van der Waals surface area contributed by atoms with E-state index < -0.39 is 5.41 Å². The van der Waals surface area contributed by atoms with Crippen LogP contribution in [0.5, 0.6) is 5.75 Å². The number of aromatic hydroxyl groups is 1. The molecule has 1 aromatic rings. The van der Waals surface area contributed by atoms with Gasteiger partial charge in [0.25, 0.3) is 0 Å². The Morgan fingerprint density at radius 2 is 2.00 bits per heavy atom. The third kappa shape index (κ3) is 2.16. The summed E-state index contributed by atoms with van der Waals surface area (Å²) in [5.41, 5.74) is 3.77. The Hall–Kier alpha value is -2.03. The van der Waals surface area contributed by atoms with Crippen molar-refractivity contribution in [2.24, 2.45) is 11.3 Å². The molecule has 0 fully saturated rings. The summed E-state index contributed by atoms with van der Waals surface area (Å²) >= 11 is 0. The molecular formula is C19H22O3. The lowest BCUT2D eigenvalue weighted by atomic mass is 9.66. The SMILES string of the molecule is COC1=CC(=O)C(C)(C)C2CCc3cc(C)c(O)cc3C=C12. The fraction of sp³-hybridized carbons (Fsp3) is 0.421. The van der Waals surface area contributed by atoms with Crippen LogP contribution in [0.1, 0.15) is 37.0 Å². The number of allylic oxidation sites excluding steroid dienone is 2. The Labute approximate surface area is 131 Å². The number of hydrogen-bond donors (Lipinski definition) is 1. The van der Waals surface area contributed by atoms with E-state index >= 15 is 0 Å². The summed E-state index contributed by atoms with van der Waals surface area (Å²) in [6.07, 6.45) is 5.49. The van der Waals surface area contributed by atoms with Crippen LogP contribution in [-0.2, 0) is 16.0 Å². The molecular weight excluding hydrogens is 276 g/mol. The number of phenolic OH excluding ortho intramolecular Hbond substituents is 1. The highest BCUT2D eigenvalue weighted by Gasteiger charge is 2.43. The third-order valence-electron chi connectivity index (χ3n) is 5.12. The van der Waals surface area contributed by atoms with E-state index in [2.05, 4.69) is 6.08 Å². The van der Waals surface area contributed by atoms with E-state index in [1.807, 2.05) is 32.9 Å². The fourth-order valence-electron chi connectivity index (χ4n) is 3.58. The monoisotopic (exact) mass is 298 g/mol. The van der Waals surface area contributed by atoms with E-state index in [9.17, 15) is 9.90 Å². The summed E-state index contributed by atoms with van der Waals surface area (Å²) < 4.78 is 5.46. The first-order valence-corrected chi connectivity index (χ1v) is 7.69. The Morgan fingerprint density at radius 3 is 2.68 bits per heavy atom. The molecule has 0 aliphatic heterocycles. The van der Waals surface area contributed by atoms with Crippen LogP contribution in [0.4, 0.5) is 0 Å². The highest BCUT2D eigenvalue weighted by atomic mass is 16.5. The van der Waals surface area contributed by atoms with Crippen LogP contribution in [-0.4, -0.2) is 18.0 Å². The zero-order valence-corrected chi connectivity index (χ0v) is 13.6. The molecule has 1 N–H and O–H groups in total. The van der Waals surface area contributed by atoms with Crippen molar-refractivity contribution in [3.8, 4) is 5.75 Å². The smallest absolute Gasteiger partial charge is 0.165 e. The standard InChI is InChI=1S/C19H22O3/c1-11-7-12-5-6-15-14(8-13(12)9-16(11)20)17(22-4)10-18(21)19(15,2)3/h7-10,15,20H,5-6H2,1-4H3. The summed E-state index contributed by atoms with van der Waals surface area (Å²) in [7, 11) is 1.60. The van der Waals surface area contributed by atoms with Crippen molar-refractivity contribution in [2.75, 3.05) is 7.11 Å². The van der Waals surface area contributed by atoms with Crippen molar-refractivity contribution in [2.45, 2.75) is 33.6 Å². The molecule has 3 rings (SSSR count). The maximum Gasteiger partial charge on any atom is 0.165 e. The molecule has 0 spiro atoms. The number of methoxy groups -OCH3 is 1. The molecule has 3 heteroatoms. The molecule has 0 heterocycles. The predicted molar refractivity (Wildman–Crippen MR) is 86.5 cm³/mol. The summed E-state index contributed by atoms with van der Waals surface area (Å²) in [4.78, 5) is 12.4. The van der Waals surface area contributed by atoms with Gasteiger partial charge < -0.3 is 9.84 Å². The Bertz CT molecular complexity index is 708. The van der Waals surface area contributed by atoms with Crippen LogP contribution < -0.4 is 0 Å². The molecule has 1 aromatic carbocycles. The number of carbonyl (C=O) groups excluding carboxylic acids is 1. The second-order valence-corrected chi connectivity index (χ2v) is 6.83. The first-order chi connectivity index (χ1) is 10.3. The van der Waals surface area contributed by atoms with E-state index in [1.54, 1.807) is 13.2 Å². The number of benzene rings is 1. The van der Waals surface area contributed by atoms with Crippen molar-refractivity contribution in [3.05, 3.63) is 46.2 Å². The van der Waals surface area contributed by atoms with Gasteiger partial charge in [0, 0.05) is 17.4 Å². The minimum Gasteiger partial charge on any atom is -0.508 e. The van der Waals surface area contributed by atoms with E-state index in [0.717, 1.165) is 29.5 Å². The number of aryl methyl sites for hydroxylation is 2. The van der Waals surface area contributed by atoms with Gasteiger partial charge in [0.05, 0.1) is 7.11 Å². The Balaban J connectivity index is 2.19. The third-order valence-corrected chi connectivity index (χ3v) is 5.12.